The highest BCUT2D eigenvalue weighted by Gasteiger charge is 2.57. The molecule has 2 atom stereocenters. The normalized spacial score (nSPS) is 26.8. The van der Waals surface area contributed by atoms with Gasteiger partial charge in [-0.1, -0.05) is 97.1 Å². The molecule has 0 aromatic heterocycles. The van der Waals surface area contributed by atoms with E-state index in [9.17, 15) is 0 Å². The minimum absolute atomic E-state index is 0.0886. The van der Waals surface area contributed by atoms with Gasteiger partial charge < -0.3 is 5.32 Å². The lowest BCUT2D eigenvalue weighted by molar-refractivity contribution is 0.413. The molecule has 3 aromatic carbocycles. The zero-order valence-electron chi connectivity index (χ0n) is 21.9. The monoisotopic (exact) mass is 553 g/mol. The zero-order valence-corrected chi connectivity index (χ0v) is 24.5. The predicted octanol–water partition coefficient (Wildman–Crippen LogP) is 7.54. The Bertz CT molecular complexity index is 1310. The van der Waals surface area contributed by atoms with E-state index >= 15 is 0 Å². The number of aryl methyl sites for hydroxylation is 1. The van der Waals surface area contributed by atoms with Gasteiger partial charge in [0.2, 0.25) is 0 Å². The molecule has 3 aromatic rings. The van der Waals surface area contributed by atoms with Gasteiger partial charge in [-0.15, -0.1) is 23.5 Å². The van der Waals surface area contributed by atoms with E-state index in [0.717, 1.165) is 13.0 Å². The summed E-state index contributed by atoms with van der Waals surface area (Å²) in [5, 5.41) is 7.32. The molecular weight excluding hydrogens is 517 g/mol. The van der Waals surface area contributed by atoms with Crippen molar-refractivity contribution in [2.45, 2.75) is 53.8 Å². The molecule has 1 fully saturated rings. The molecule has 1 aliphatic heterocycles. The van der Waals surface area contributed by atoms with Crippen LogP contribution in [-0.2, 0) is 11.8 Å². The van der Waals surface area contributed by atoms with Crippen LogP contribution in [0.2, 0.25) is 0 Å². The lowest BCUT2D eigenvalue weighted by atomic mass is 9.71. The third-order valence-electron chi connectivity index (χ3n) is 8.99. The summed E-state index contributed by atoms with van der Waals surface area (Å²) < 4.78 is 0.632. The Morgan fingerprint density at radius 2 is 1.45 bits per heavy atom. The second-order valence-corrected chi connectivity index (χ2v) is 16.4. The molecule has 0 radical (unpaired) electrons. The molecule has 4 heteroatoms. The second-order valence-electron chi connectivity index (χ2n) is 11.0. The first-order valence-corrected chi connectivity index (χ1v) is 17.6. The van der Waals surface area contributed by atoms with Crippen LogP contribution < -0.4 is 15.9 Å². The van der Waals surface area contributed by atoms with Gasteiger partial charge in [-0.3, -0.25) is 0 Å². The van der Waals surface area contributed by atoms with Crippen LogP contribution in [0.1, 0.15) is 43.2 Å². The van der Waals surface area contributed by atoms with Crippen molar-refractivity contribution in [2.75, 3.05) is 18.1 Å². The smallest absolute Gasteiger partial charge is 0.0727 e. The number of nitrogens with one attached hydrogen (secondary N) is 1. The lowest BCUT2D eigenvalue weighted by Gasteiger charge is -2.50. The van der Waals surface area contributed by atoms with Crippen molar-refractivity contribution >= 4 is 42.1 Å². The highest BCUT2D eigenvalue weighted by Crippen LogP contribution is 2.65. The fourth-order valence-electron chi connectivity index (χ4n) is 7.51. The minimum Gasteiger partial charge on any atom is -0.301 e. The molecule has 194 valence electrons. The summed E-state index contributed by atoms with van der Waals surface area (Å²) in [6, 6.07) is 32.3. The number of allylic oxidation sites excluding steroid dienone is 2. The minimum atomic E-state index is -0.682. The van der Waals surface area contributed by atoms with Gasteiger partial charge in [0.05, 0.1) is 9.86 Å². The quantitative estimate of drug-likeness (QED) is 0.317. The average Bonchev–Trinajstić information content (AvgIpc) is 3.56. The Labute approximate surface area is 237 Å². The van der Waals surface area contributed by atoms with Gasteiger partial charge in [0.25, 0.3) is 0 Å². The van der Waals surface area contributed by atoms with Gasteiger partial charge in [-0.05, 0) is 90.8 Å². The van der Waals surface area contributed by atoms with Gasteiger partial charge in [-0.2, -0.15) is 0 Å². The number of hydrogen-bond donors (Lipinski definition) is 1. The standard InChI is InChI=1S/C34H36NPS2/c1-3-13-28(14-4-1)36(29-15-5-2-6-16-29)34(35-25-31-37-23-10-24-38-31)20-9-12-27-19-22-33(32(27)34)21-18-26-11-7-8-17-30(26)33/h1-9,11-17,31,35H,10,18-25H2. The molecule has 0 saturated carbocycles. The van der Waals surface area contributed by atoms with Crippen molar-refractivity contribution < 1.29 is 0 Å². The molecule has 1 nitrogen and oxygen atoms in total. The summed E-state index contributed by atoms with van der Waals surface area (Å²) >= 11 is 4.33. The number of fused-ring (bicyclic) bond motifs is 3. The topological polar surface area (TPSA) is 12.0 Å². The van der Waals surface area contributed by atoms with E-state index in [-0.39, 0.29) is 10.7 Å². The van der Waals surface area contributed by atoms with Crippen LogP contribution in [0, 0.1) is 0 Å². The van der Waals surface area contributed by atoms with E-state index < -0.39 is 7.92 Å². The van der Waals surface area contributed by atoms with Crippen LogP contribution in [-0.4, -0.2) is 27.9 Å². The van der Waals surface area contributed by atoms with Gasteiger partial charge in [0.15, 0.2) is 0 Å². The van der Waals surface area contributed by atoms with E-state index in [4.69, 9.17) is 0 Å². The van der Waals surface area contributed by atoms with Crippen LogP contribution in [0.15, 0.2) is 108 Å². The Kier molecular flexibility index (Phi) is 7.07. The Hall–Kier alpha value is -1.77. The zero-order chi connectivity index (χ0) is 25.4. The van der Waals surface area contributed by atoms with Crippen LogP contribution in [0.25, 0.3) is 0 Å². The molecule has 7 rings (SSSR count). The molecule has 38 heavy (non-hydrogen) atoms. The van der Waals surface area contributed by atoms with Crippen molar-refractivity contribution in [2.24, 2.45) is 0 Å². The van der Waals surface area contributed by atoms with Crippen LogP contribution >= 0.6 is 31.4 Å². The second kappa shape index (κ2) is 10.7. The number of rotatable bonds is 6. The predicted molar refractivity (Wildman–Crippen MR) is 170 cm³/mol. The van der Waals surface area contributed by atoms with E-state index in [2.05, 4.69) is 126 Å². The summed E-state index contributed by atoms with van der Waals surface area (Å²) in [7, 11) is -0.682. The highest BCUT2D eigenvalue weighted by molar-refractivity contribution is 8.17. The van der Waals surface area contributed by atoms with Crippen molar-refractivity contribution in [3.05, 3.63) is 119 Å². The highest BCUT2D eigenvalue weighted by atomic mass is 32.2. The van der Waals surface area contributed by atoms with Gasteiger partial charge in [0, 0.05) is 12.0 Å². The maximum atomic E-state index is 4.43. The van der Waals surface area contributed by atoms with Crippen LogP contribution in [0.5, 0.6) is 0 Å². The SMILES string of the molecule is C1=CC2=C(C3(CC2)CCc2ccccc23)C(NCC2SCCCS2)(P(c2ccccc2)c2ccccc2)C1. The van der Waals surface area contributed by atoms with Crippen molar-refractivity contribution in [1.29, 1.82) is 0 Å². The molecule has 1 N–H and O–H groups in total. The largest absolute Gasteiger partial charge is 0.301 e. The van der Waals surface area contributed by atoms with E-state index in [0.29, 0.717) is 4.58 Å². The number of hydrogen-bond acceptors (Lipinski definition) is 3. The fourth-order valence-corrected chi connectivity index (χ4v) is 13.4. The Morgan fingerprint density at radius 3 is 2.18 bits per heavy atom. The van der Waals surface area contributed by atoms with Crippen molar-refractivity contribution in [3.8, 4) is 0 Å². The molecule has 1 heterocycles. The van der Waals surface area contributed by atoms with Gasteiger partial charge >= 0.3 is 0 Å². The van der Waals surface area contributed by atoms with Crippen LogP contribution in [0.3, 0.4) is 0 Å². The summed E-state index contributed by atoms with van der Waals surface area (Å²) in [4.78, 5) is 0. The Balaban J connectivity index is 1.43. The van der Waals surface area contributed by atoms with Gasteiger partial charge in [0.1, 0.15) is 0 Å². The molecule has 4 aliphatic rings. The summed E-state index contributed by atoms with van der Waals surface area (Å²) in [6.07, 6.45) is 12.3. The fraction of sp³-hybridized carbons (Fsp3) is 0.353. The molecule has 1 saturated heterocycles. The summed E-state index contributed by atoms with van der Waals surface area (Å²) in [6.45, 7) is 1.07. The molecular formula is C34H36NPS2. The third-order valence-corrected chi connectivity index (χ3v) is 14.9. The lowest BCUT2D eigenvalue weighted by Crippen LogP contribution is -2.55. The summed E-state index contributed by atoms with van der Waals surface area (Å²) in [5.41, 5.74) is 6.70. The van der Waals surface area contributed by atoms with E-state index in [1.807, 2.05) is 0 Å². The first-order valence-electron chi connectivity index (χ1n) is 14.2. The van der Waals surface area contributed by atoms with Crippen molar-refractivity contribution in [1.82, 2.24) is 5.32 Å². The maximum Gasteiger partial charge on any atom is 0.0727 e. The summed E-state index contributed by atoms with van der Waals surface area (Å²) in [5.74, 6) is 2.59. The molecule has 0 bridgehead atoms. The maximum absolute atomic E-state index is 4.43. The Morgan fingerprint density at radius 1 is 0.789 bits per heavy atom. The molecule has 1 spiro atoms. The molecule has 3 aliphatic carbocycles. The molecule has 0 amide bonds. The van der Waals surface area contributed by atoms with E-state index in [1.165, 1.54) is 54.2 Å². The molecule has 2 unspecified atom stereocenters. The van der Waals surface area contributed by atoms with Gasteiger partial charge in [-0.25, -0.2) is 0 Å². The van der Waals surface area contributed by atoms with Crippen LogP contribution in [0.4, 0.5) is 0 Å². The third kappa shape index (κ3) is 4.26. The number of benzene rings is 3. The van der Waals surface area contributed by atoms with E-state index in [1.54, 1.807) is 22.3 Å². The first kappa shape index (κ1) is 25.2. The average molecular weight is 554 g/mol. The first-order chi connectivity index (χ1) is 18.8. The number of thioether (sulfide) groups is 2. The van der Waals surface area contributed by atoms with Crippen molar-refractivity contribution in [3.63, 3.8) is 0 Å².